The van der Waals surface area contributed by atoms with E-state index in [4.69, 9.17) is 21.1 Å². The Hall–Kier alpha value is -0.840. The highest BCUT2D eigenvalue weighted by Gasteiger charge is 2.09. The maximum Gasteiger partial charge on any atom is 0.129 e. The molecule has 0 aromatic carbocycles. The summed E-state index contributed by atoms with van der Waals surface area (Å²) < 4.78 is 10.2. The summed E-state index contributed by atoms with van der Waals surface area (Å²) in [6.07, 6.45) is 0. The van der Waals surface area contributed by atoms with Crippen molar-refractivity contribution < 1.29 is 9.47 Å². The van der Waals surface area contributed by atoms with Gasteiger partial charge < -0.3 is 14.4 Å². The quantitative estimate of drug-likeness (QED) is 0.680. The van der Waals surface area contributed by atoms with Crippen molar-refractivity contribution in [1.29, 1.82) is 0 Å². The topological polar surface area (TPSA) is 34.6 Å². The number of alkyl halides is 1. The second-order valence-electron chi connectivity index (χ2n) is 4.08. The summed E-state index contributed by atoms with van der Waals surface area (Å²) in [5.41, 5.74) is 2.06. The van der Waals surface area contributed by atoms with E-state index in [1.54, 1.807) is 14.2 Å². The smallest absolute Gasteiger partial charge is 0.129 e. The van der Waals surface area contributed by atoms with Gasteiger partial charge in [-0.15, -0.1) is 11.6 Å². The van der Waals surface area contributed by atoms with Crippen LogP contribution in [0.25, 0.3) is 0 Å². The molecule has 0 spiro atoms. The number of rotatable bonds is 8. The Bertz CT molecular complexity index is 353. The molecule has 0 unspecified atom stereocenters. The molecule has 0 aliphatic carbocycles. The Morgan fingerprint density at radius 1 is 1.17 bits per heavy atom. The number of pyridine rings is 1. The van der Waals surface area contributed by atoms with Crippen molar-refractivity contribution in [3.8, 4) is 0 Å². The molecule has 1 rings (SSSR count). The first-order valence-corrected chi connectivity index (χ1v) is 6.51. The lowest BCUT2D eigenvalue weighted by Crippen LogP contribution is -2.31. The summed E-state index contributed by atoms with van der Waals surface area (Å²) in [4.78, 5) is 6.69. The minimum atomic E-state index is 0.499. The molecule has 0 aliphatic heterocycles. The van der Waals surface area contributed by atoms with Gasteiger partial charge in [0.15, 0.2) is 0 Å². The lowest BCUT2D eigenvalue weighted by molar-refractivity contribution is 0.190. The number of hydrogen-bond donors (Lipinski definition) is 0. The van der Waals surface area contributed by atoms with Crippen LogP contribution < -0.4 is 4.90 Å². The molecule has 1 aromatic rings. The minimum Gasteiger partial charge on any atom is -0.383 e. The van der Waals surface area contributed by atoms with Crippen molar-refractivity contribution in [2.24, 2.45) is 0 Å². The number of aryl methyl sites for hydroxylation is 1. The molecule has 0 fully saturated rings. The molecule has 0 radical (unpaired) electrons. The third-order valence-corrected chi connectivity index (χ3v) is 2.92. The van der Waals surface area contributed by atoms with Crippen molar-refractivity contribution in [2.75, 3.05) is 45.4 Å². The Balaban J connectivity index is 2.84. The predicted molar refractivity (Wildman–Crippen MR) is 74.5 cm³/mol. The summed E-state index contributed by atoms with van der Waals surface area (Å²) in [7, 11) is 3.39. The van der Waals surface area contributed by atoms with E-state index >= 15 is 0 Å². The van der Waals surface area contributed by atoms with Crippen LogP contribution >= 0.6 is 11.6 Å². The zero-order valence-electron chi connectivity index (χ0n) is 11.3. The van der Waals surface area contributed by atoms with Gasteiger partial charge in [-0.3, -0.25) is 0 Å². The lowest BCUT2D eigenvalue weighted by Gasteiger charge is -2.24. The van der Waals surface area contributed by atoms with Crippen molar-refractivity contribution in [3.63, 3.8) is 0 Å². The van der Waals surface area contributed by atoms with Gasteiger partial charge in [-0.1, -0.05) is 0 Å². The van der Waals surface area contributed by atoms with Crippen LogP contribution in [-0.2, 0) is 15.4 Å². The second kappa shape index (κ2) is 8.29. The SMILES string of the molecule is COCCN(CCOC)c1cc(CCl)cc(C)n1. The second-order valence-corrected chi connectivity index (χ2v) is 4.35. The molecule has 0 aliphatic rings. The van der Waals surface area contributed by atoms with Gasteiger partial charge in [0, 0.05) is 38.9 Å². The van der Waals surface area contributed by atoms with Crippen LogP contribution in [-0.4, -0.2) is 45.5 Å². The molecule has 0 saturated heterocycles. The van der Waals surface area contributed by atoms with Gasteiger partial charge >= 0.3 is 0 Å². The average molecular weight is 273 g/mol. The molecule has 5 heteroatoms. The van der Waals surface area contributed by atoms with Crippen LogP contribution in [0.3, 0.4) is 0 Å². The van der Waals surface area contributed by atoms with E-state index in [1.165, 1.54) is 0 Å². The maximum absolute atomic E-state index is 5.89. The number of halogens is 1. The summed E-state index contributed by atoms with van der Waals surface area (Å²) in [6, 6.07) is 4.02. The highest BCUT2D eigenvalue weighted by Crippen LogP contribution is 2.16. The first kappa shape index (κ1) is 15.2. The Kier molecular flexibility index (Phi) is 7.01. The number of nitrogens with zero attached hydrogens (tertiary/aromatic N) is 2. The van der Waals surface area contributed by atoms with Gasteiger partial charge in [-0.25, -0.2) is 4.98 Å². The number of methoxy groups -OCH3 is 2. The van der Waals surface area contributed by atoms with Crippen molar-refractivity contribution in [2.45, 2.75) is 12.8 Å². The van der Waals surface area contributed by atoms with Crippen LogP contribution in [0.2, 0.25) is 0 Å². The van der Waals surface area contributed by atoms with E-state index in [0.717, 1.165) is 30.2 Å². The average Bonchev–Trinajstić information content (AvgIpc) is 2.38. The number of aromatic nitrogens is 1. The van der Waals surface area contributed by atoms with Gasteiger partial charge in [0.05, 0.1) is 13.2 Å². The fourth-order valence-electron chi connectivity index (χ4n) is 1.70. The summed E-state index contributed by atoms with van der Waals surface area (Å²) in [5, 5.41) is 0. The highest BCUT2D eigenvalue weighted by atomic mass is 35.5. The van der Waals surface area contributed by atoms with Crippen LogP contribution in [0.15, 0.2) is 12.1 Å². The molecule has 0 bridgehead atoms. The zero-order valence-corrected chi connectivity index (χ0v) is 12.0. The van der Waals surface area contributed by atoms with Gasteiger partial charge in [-0.2, -0.15) is 0 Å². The van der Waals surface area contributed by atoms with Gasteiger partial charge in [-0.05, 0) is 24.6 Å². The zero-order chi connectivity index (χ0) is 13.4. The summed E-state index contributed by atoms with van der Waals surface area (Å²) >= 11 is 5.89. The summed E-state index contributed by atoms with van der Waals surface area (Å²) in [5.74, 6) is 1.43. The molecule has 0 N–H and O–H groups in total. The van der Waals surface area contributed by atoms with Crippen LogP contribution in [0, 0.1) is 6.92 Å². The van der Waals surface area contributed by atoms with E-state index < -0.39 is 0 Å². The molecule has 1 aromatic heterocycles. The number of ether oxygens (including phenoxy) is 2. The lowest BCUT2D eigenvalue weighted by atomic mass is 10.2. The largest absolute Gasteiger partial charge is 0.383 e. The minimum absolute atomic E-state index is 0.499. The molecule has 0 saturated carbocycles. The standard InChI is InChI=1S/C13H21ClN2O2/c1-11-8-12(10-14)9-13(15-11)16(4-6-17-2)5-7-18-3/h8-9H,4-7,10H2,1-3H3. The van der Waals surface area contributed by atoms with Gasteiger partial charge in [0.1, 0.15) is 5.82 Å². The first-order chi connectivity index (χ1) is 8.71. The third kappa shape index (κ3) is 4.80. The number of anilines is 1. The molecule has 102 valence electrons. The molecular formula is C13H21ClN2O2. The Morgan fingerprint density at radius 3 is 2.28 bits per heavy atom. The molecule has 0 atom stereocenters. The maximum atomic E-state index is 5.89. The number of hydrogen-bond acceptors (Lipinski definition) is 4. The summed E-state index contributed by atoms with van der Waals surface area (Å²) in [6.45, 7) is 4.88. The molecular weight excluding hydrogens is 252 g/mol. The van der Waals surface area contributed by atoms with E-state index in [9.17, 15) is 0 Å². The Morgan fingerprint density at radius 2 is 1.78 bits per heavy atom. The molecule has 0 amide bonds. The van der Waals surface area contributed by atoms with E-state index in [1.807, 2.05) is 19.1 Å². The van der Waals surface area contributed by atoms with Crippen LogP contribution in [0.1, 0.15) is 11.3 Å². The van der Waals surface area contributed by atoms with E-state index in [-0.39, 0.29) is 0 Å². The van der Waals surface area contributed by atoms with Crippen LogP contribution in [0.5, 0.6) is 0 Å². The Labute approximate surface area is 114 Å². The first-order valence-electron chi connectivity index (χ1n) is 5.97. The van der Waals surface area contributed by atoms with Gasteiger partial charge in [0.2, 0.25) is 0 Å². The monoisotopic (exact) mass is 272 g/mol. The third-order valence-electron chi connectivity index (χ3n) is 2.61. The highest BCUT2D eigenvalue weighted by molar-refractivity contribution is 6.17. The fraction of sp³-hybridized carbons (Fsp3) is 0.615. The predicted octanol–water partition coefficient (Wildman–Crippen LogP) is 2.23. The molecule has 1 heterocycles. The van der Waals surface area contributed by atoms with Crippen molar-refractivity contribution in [1.82, 2.24) is 4.98 Å². The van der Waals surface area contributed by atoms with E-state index in [0.29, 0.717) is 19.1 Å². The van der Waals surface area contributed by atoms with Gasteiger partial charge in [0.25, 0.3) is 0 Å². The molecule has 4 nitrogen and oxygen atoms in total. The fourth-order valence-corrected chi connectivity index (χ4v) is 1.86. The molecule has 18 heavy (non-hydrogen) atoms. The van der Waals surface area contributed by atoms with E-state index in [2.05, 4.69) is 9.88 Å². The van der Waals surface area contributed by atoms with Crippen molar-refractivity contribution in [3.05, 3.63) is 23.4 Å². The normalized spacial score (nSPS) is 10.7. The van der Waals surface area contributed by atoms with Crippen molar-refractivity contribution >= 4 is 17.4 Å². The van der Waals surface area contributed by atoms with Crippen LogP contribution in [0.4, 0.5) is 5.82 Å².